The predicted molar refractivity (Wildman–Crippen MR) is 115 cm³/mol. The van der Waals surface area contributed by atoms with Gasteiger partial charge in [0.25, 0.3) is 0 Å². The first-order valence-corrected chi connectivity index (χ1v) is 12.5. The number of aliphatic hydroxyl groups is 2. The Morgan fingerprint density at radius 3 is 1.04 bits per heavy atom. The molecule has 2 N–H and O–H groups in total. The van der Waals surface area contributed by atoms with Gasteiger partial charge in [0, 0.05) is 26.1 Å². The minimum absolute atomic E-state index is 0.116. The molecule has 0 aliphatic carbocycles. The molecule has 0 aromatic carbocycles. The summed E-state index contributed by atoms with van der Waals surface area (Å²) >= 11 is 0. The van der Waals surface area contributed by atoms with E-state index < -0.39 is 7.80 Å². The molecule has 0 aromatic rings. The third-order valence-corrected chi connectivity index (χ3v) is 9.06. The van der Waals surface area contributed by atoms with Crippen molar-refractivity contribution in [1.82, 2.24) is 0 Å². The van der Waals surface area contributed by atoms with Gasteiger partial charge in [-0.2, -0.15) is 0 Å². The van der Waals surface area contributed by atoms with Crippen molar-refractivity contribution in [3.8, 4) is 0 Å². The van der Waals surface area contributed by atoms with Gasteiger partial charge in [-0.05, 0) is 51.4 Å². The molecule has 0 spiro atoms. The summed E-state index contributed by atoms with van der Waals surface area (Å²) in [6.45, 7) is 8.98. The second-order valence-corrected chi connectivity index (χ2v) is 10.6. The molecule has 0 saturated heterocycles. The van der Waals surface area contributed by atoms with Crippen molar-refractivity contribution in [2.24, 2.45) is 0 Å². The molecule has 0 heterocycles. The molecule has 0 saturated carbocycles. The number of hydrogen-bond donors (Lipinski definition) is 2. The van der Waals surface area contributed by atoms with Gasteiger partial charge < -0.3 is 10.2 Å². The van der Waals surface area contributed by atoms with Crippen LogP contribution in [0.2, 0.25) is 0 Å². The molecular weight excluding hydrogens is 343 g/mol. The summed E-state index contributed by atoms with van der Waals surface area (Å²) < 4.78 is 14.2. The molecule has 0 radical (unpaired) electrons. The molecule has 0 amide bonds. The van der Waals surface area contributed by atoms with E-state index in [-0.39, 0.29) is 23.5 Å². The lowest BCUT2D eigenvalue weighted by molar-refractivity contribution is 0.236. The SMILES string of the molecule is CCCCC(CCO)(CCCC)[P+](=O)C(CCO)(CCCC)CCCC. The number of aliphatic hydroxyl groups excluding tert-OH is 2. The molecule has 156 valence electrons. The highest BCUT2D eigenvalue weighted by Crippen LogP contribution is 2.61. The molecule has 0 aliphatic rings. The van der Waals surface area contributed by atoms with Crippen molar-refractivity contribution in [2.75, 3.05) is 13.2 Å². The highest BCUT2D eigenvalue weighted by atomic mass is 31.1. The van der Waals surface area contributed by atoms with Crippen molar-refractivity contribution in [3.05, 3.63) is 0 Å². The third-order valence-electron chi connectivity index (χ3n) is 6.00. The lowest BCUT2D eigenvalue weighted by Crippen LogP contribution is -2.37. The predicted octanol–water partition coefficient (Wildman–Crippen LogP) is 6.82. The van der Waals surface area contributed by atoms with Crippen LogP contribution in [0, 0.1) is 0 Å². The zero-order valence-corrected chi connectivity index (χ0v) is 19.0. The largest absolute Gasteiger partial charge is 0.396 e. The van der Waals surface area contributed by atoms with Crippen LogP contribution >= 0.6 is 7.80 Å². The maximum Gasteiger partial charge on any atom is 0.351 e. The molecule has 0 fully saturated rings. The second kappa shape index (κ2) is 15.0. The third kappa shape index (κ3) is 7.95. The van der Waals surface area contributed by atoms with Gasteiger partial charge in [0.1, 0.15) is 0 Å². The van der Waals surface area contributed by atoms with Crippen molar-refractivity contribution >= 4 is 7.80 Å². The average molecular weight is 390 g/mol. The van der Waals surface area contributed by atoms with E-state index in [0.29, 0.717) is 12.8 Å². The van der Waals surface area contributed by atoms with Gasteiger partial charge >= 0.3 is 7.80 Å². The summed E-state index contributed by atoms with van der Waals surface area (Å²) in [7, 11) is -1.50. The molecule has 4 heteroatoms. The van der Waals surface area contributed by atoms with Gasteiger partial charge in [0.2, 0.25) is 0 Å². The minimum Gasteiger partial charge on any atom is -0.396 e. The van der Waals surface area contributed by atoms with Crippen LogP contribution in [0.5, 0.6) is 0 Å². The Morgan fingerprint density at radius 1 is 0.577 bits per heavy atom. The zero-order chi connectivity index (χ0) is 19.9. The van der Waals surface area contributed by atoms with Crippen LogP contribution in [0.15, 0.2) is 0 Å². The van der Waals surface area contributed by atoms with Crippen LogP contribution in [-0.4, -0.2) is 33.7 Å². The summed E-state index contributed by atoms with van der Waals surface area (Å²) in [5, 5.41) is 19.1. The first-order valence-electron chi connectivity index (χ1n) is 11.2. The normalized spacial score (nSPS) is 12.5. The maximum absolute atomic E-state index is 14.2. The summed E-state index contributed by atoms with van der Waals surface area (Å²) in [6, 6.07) is 0. The van der Waals surface area contributed by atoms with Crippen LogP contribution in [-0.2, 0) is 4.57 Å². The summed E-state index contributed by atoms with van der Waals surface area (Å²) in [6.07, 6.45) is 13.8. The second-order valence-electron chi connectivity index (χ2n) is 8.10. The Kier molecular flexibility index (Phi) is 15.0. The molecule has 0 bridgehead atoms. The molecule has 0 rings (SSSR count). The quantitative estimate of drug-likeness (QED) is 0.253. The Hall–Kier alpha value is 0.0200. The van der Waals surface area contributed by atoms with Crippen molar-refractivity contribution < 1.29 is 14.8 Å². The number of hydrogen-bond acceptors (Lipinski definition) is 3. The van der Waals surface area contributed by atoms with E-state index in [0.717, 1.165) is 77.0 Å². The van der Waals surface area contributed by atoms with Crippen molar-refractivity contribution in [1.29, 1.82) is 0 Å². The highest BCUT2D eigenvalue weighted by Gasteiger charge is 2.58. The van der Waals surface area contributed by atoms with E-state index in [1.54, 1.807) is 0 Å². The van der Waals surface area contributed by atoms with E-state index >= 15 is 0 Å². The van der Waals surface area contributed by atoms with E-state index in [2.05, 4.69) is 27.7 Å². The van der Waals surface area contributed by atoms with Gasteiger partial charge in [-0.1, -0.05) is 57.9 Å². The summed E-state index contributed by atoms with van der Waals surface area (Å²) in [5.74, 6) is 0. The zero-order valence-electron chi connectivity index (χ0n) is 18.1. The Balaban J connectivity index is 5.90. The monoisotopic (exact) mass is 389 g/mol. The minimum atomic E-state index is -1.50. The fraction of sp³-hybridized carbons (Fsp3) is 1.00. The van der Waals surface area contributed by atoms with Gasteiger partial charge in [0.05, 0.1) is 0 Å². The first kappa shape index (κ1) is 26.0. The van der Waals surface area contributed by atoms with E-state index in [4.69, 9.17) is 0 Å². The molecule has 0 aromatic heterocycles. The Morgan fingerprint density at radius 2 is 0.846 bits per heavy atom. The van der Waals surface area contributed by atoms with E-state index in [9.17, 15) is 14.8 Å². The topological polar surface area (TPSA) is 57.5 Å². The van der Waals surface area contributed by atoms with Gasteiger partial charge in [-0.25, -0.2) is 0 Å². The van der Waals surface area contributed by atoms with Crippen LogP contribution in [0.1, 0.15) is 118 Å². The maximum atomic E-state index is 14.2. The average Bonchev–Trinajstić information content (AvgIpc) is 2.66. The van der Waals surface area contributed by atoms with Gasteiger partial charge in [-0.15, -0.1) is 0 Å². The number of rotatable bonds is 18. The number of unbranched alkanes of at least 4 members (excludes halogenated alkanes) is 4. The molecule has 0 aliphatic heterocycles. The molecule has 3 nitrogen and oxygen atoms in total. The Labute approximate surface area is 164 Å². The van der Waals surface area contributed by atoms with E-state index in [1.165, 1.54) is 0 Å². The lowest BCUT2D eigenvalue weighted by atomic mass is 9.90. The summed E-state index contributed by atoms with van der Waals surface area (Å²) in [5.41, 5.74) is 0. The van der Waals surface area contributed by atoms with Crippen LogP contribution < -0.4 is 0 Å². The Bertz CT molecular complexity index is 309. The first-order chi connectivity index (χ1) is 12.5. The smallest absolute Gasteiger partial charge is 0.351 e. The fourth-order valence-corrected chi connectivity index (χ4v) is 7.36. The fourth-order valence-electron chi connectivity index (χ4n) is 4.30. The van der Waals surface area contributed by atoms with Gasteiger partial charge in [-0.3, -0.25) is 0 Å². The van der Waals surface area contributed by atoms with Crippen LogP contribution in [0.4, 0.5) is 0 Å². The summed E-state index contributed by atoms with van der Waals surface area (Å²) in [4.78, 5) is 0. The highest BCUT2D eigenvalue weighted by molar-refractivity contribution is 7.48. The van der Waals surface area contributed by atoms with Crippen molar-refractivity contribution in [3.63, 3.8) is 0 Å². The molecule has 26 heavy (non-hydrogen) atoms. The van der Waals surface area contributed by atoms with Crippen LogP contribution in [0.25, 0.3) is 0 Å². The lowest BCUT2D eigenvalue weighted by Gasteiger charge is -2.33. The van der Waals surface area contributed by atoms with E-state index in [1.807, 2.05) is 0 Å². The molecule has 0 unspecified atom stereocenters. The van der Waals surface area contributed by atoms with Gasteiger partial charge in [0.15, 0.2) is 10.3 Å². The molecule has 0 atom stereocenters. The van der Waals surface area contributed by atoms with Crippen molar-refractivity contribution in [2.45, 2.75) is 128 Å². The standard InChI is InChI=1S/C22H46O3P/c1-5-9-13-21(17-19-23,14-10-6-2)26(25)22(18-20-24,15-11-7-3)16-12-8-4/h23-24H,5-20H2,1-4H3/q+1. The molecular formula is C22H46O3P+. The van der Waals surface area contributed by atoms with Crippen LogP contribution in [0.3, 0.4) is 0 Å².